The zero-order valence-corrected chi connectivity index (χ0v) is 8.66. The molecule has 2 aliphatic heterocycles. The molecular formula is C11H17NO2. The average molecular weight is 195 g/mol. The Morgan fingerprint density at radius 2 is 2.07 bits per heavy atom. The number of hydrogen-bond acceptors (Lipinski definition) is 2. The van der Waals surface area contributed by atoms with Gasteiger partial charge in [0.1, 0.15) is 0 Å². The van der Waals surface area contributed by atoms with Crippen molar-refractivity contribution in [2.45, 2.75) is 44.7 Å². The Hall–Kier alpha value is -0.990. The van der Waals surface area contributed by atoms with Crippen molar-refractivity contribution in [1.29, 1.82) is 0 Å². The zero-order chi connectivity index (χ0) is 10.1. The van der Waals surface area contributed by atoms with Crippen molar-refractivity contribution >= 4 is 6.09 Å². The number of carbonyl (C=O) groups is 1. The highest BCUT2D eigenvalue weighted by Gasteiger charge is 2.41. The fourth-order valence-corrected chi connectivity index (χ4v) is 2.61. The zero-order valence-electron chi connectivity index (χ0n) is 8.66. The molecule has 0 aromatic carbocycles. The van der Waals surface area contributed by atoms with E-state index in [0.29, 0.717) is 18.7 Å². The highest BCUT2D eigenvalue weighted by Crippen LogP contribution is 2.37. The quantitative estimate of drug-likeness (QED) is 0.601. The third kappa shape index (κ3) is 1.51. The topological polar surface area (TPSA) is 29.5 Å². The van der Waals surface area contributed by atoms with Crippen molar-refractivity contribution in [2.75, 3.05) is 6.61 Å². The largest absolute Gasteiger partial charge is 0.450 e. The fraction of sp³-hybridized carbons (Fsp3) is 0.727. The lowest BCUT2D eigenvalue weighted by Gasteiger charge is -2.34. The Morgan fingerprint density at radius 1 is 1.50 bits per heavy atom. The lowest BCUT2D eigenvalue weighted by molar-refractivity contribution is 0.0814. The Labute approximate surface area is 84.7 Å². The van der Waals surface area contributed by atoms with Crippen LogP contribution >= 0.6 is 0 Å². The first-order valence-electron chi connectivity index (χ1n) is 5.34. The molecule has 3 heteroatoms. The van der Waals surface area contributed by atoms with Gasteiger partial charge in [-0.3, -0.25) is 0 Å². The fourth-order valence-electron chi connectivity index (χ4n) is 2.61. The molecule has 1 amide bonds. The van der Waals surface area contributed by atoms with Gasteiger partial charge in [0.25, 0.3) is 0 Å². The summed E-state index contributed by atoms with van der Waals surface area (Å²) in [7, 11) is 0. The maximum Gasteiger partial charge on any atom is 0.410 e. The van der Waals surface area contributed by atoms with Crippen molar-refractivity contribution in [3.63, 3.8) is 0 Å². The summed E-state index contributed by atoms with van der Waals surface area (Å²) >= 11 is 0. The number of ether oxygens (including phenoxy) is 1. The van der Waals surface area contributed by atoms with E-state index < -0.39 is 0 Å². The third-order valence-electron chi connectivity index (χ3n) is 3.15. The molecule has 78 valence electrons. The van der Waals surface area contributed by atoms with Gasteiger partial charge in [-0.15, -0.1) is 0 Å². The summed E-state index contributed by atoms with van der Waals surface area (Å²) in [5, 5.41) is 0. The molecule has 14 heavy (non-hydrogen) atoms. The molecule has 0 saturated carbocycles. The Bertz CT molecular complexity index is 246. The maximum absolute atomic E-state index is 11.6. The van der Waals surface area contributed by atoms with Gasteiger partial charge < -0.3 is 9.64 Å². The smallest absolute Gasteiger partial charge is 0.410 e. The first kappa shape index (κ1) is 9.56. The van der Waals surface area contributed by atoms with Crippen molar-refractivity contribution < 1.29 is 9.53 Å². The predicted octanol–water partition coefficient (Wildman–Crippen LogP) is 2.33. The molecule has 2 atom stereocenters. The molecule has 2 saturated heterocycles. The van der Waals surface area contributed by atoms with E-state index in [9.17, 15) is 4.79 Å². The summed E-state index contributed by atoms with van der Waals surface area (Å²) < 4.78 is 5.05. The van der Waals surface area contributed by atoms with Crippen LogP contribution in [0.4, 0.5) is 4.79 Å². The number of fused-ring (bicyclic) bond motifs is 2. The second-order valence-electron chi connectivity index (χ2n) is 4.15. The molecule has 2 bridgehead atoms. The normalized spacial score (nSPS) is 30.6. The minimum atomic E-state index is -0.132. The van der Waals surface area contributed by atoms with Crippen LogP contribution in [0.15, 0.2) is 12.2 Å². The summed E-state index contributed by atoms with van der Waals surface area (Å²) in [4.78, 5) is 13.6. The molecule has 2 fully saturated rings. The van der Waals surface area contributed by atoms with Crippen LogP contribution in [0.1, 0.15) is 32.6 Å². The number of nitrogens with zero attached hydrogens (tertiary/aromatic N) is 1. The Balaban J connectivity index is 2.07. The van der Waals surface area contributed by atoms with Crippen LogP contribution < -0.4 is 0 Å². The maximum atomic E-state index is 11.6. The van der Waals surface area contributed by atoms with E-state index in [0.717, 1.165) is 25.7 Å². The van der Waals surface area contributed by atoms with E-state index in [4.69, 9.17) is 4.74 Å². The summed E-state index contributed by atoms with van der Waals surface area (Å²) in [5.74, 6) is 0. The lowest BCUT2D eigenvalue weighted by atomic mass is 9.99. The lowest BCUT2D eigenvalue weighted by Crippen LogP contribution is -2.44. The molecule has 2 rings (SSSR count). The number of hydrogen-bond donors (Lipinski definition) is 0. The second-order valence-corrected chi connectivity index (χ2v) is 4.15. The Kier molecular flexibility index (Phi) is 2.48. The van der Waals surface area contributed by atoms with E-state index in [-0.39, 0.29) is 6.09 Å². The number of amides is 1. The van der Waals surface area contributed by atoms with E-state index in [1.54, 1.807) is 0 Å². The number of rotatable bonds is 1. The molecule has 0 N–H and O–H groups in total. The second kappa shape index (κ2) is 3.64. The summed E-state index contributed by atoms with van der Waals surface area (Å²) in [6.07, 6.45) is 4.03. The van der Waals surface area contributed by atoms with Gasteiger partial charge in [0.05, 0.1) is 6.61 Å². The van der Waals surface area contributed by atoms with Gasteiger partial charge in [0.15, 0.2) is 0 Å². The summed E-state index contributed by atoms with van der Waals surface area (Å²) in [6.45, 7) is 6.33. The van der Waals surface area contributed by atoms with E-state index in [2.05, 4.69) is 6.58 Å². The van der Waals surface area contributed by atoms with Crippen LogP contribution in [-0.2, 0) is 4.74 Å². The van der Waals surface area contributed by atoms with Crippen molar-refractivity contribution in [3.05, 3.63) is 12.2 Å². The number of carbonyl (C=O) groups excluding carboxylic acids is 1. The van der Waals surface area contributed by atoms with Gasteiger partial charge in [-0.2, -0.15) is 0 Å². The van der Waals surface area contributed by atoms with E-state index in [1.165, 1.54) is 5.57 Å². The van der Waals surface area contributed by atoms with Crippen LogP contribution in [0.25, 0.3) is 0 Å². The Morgan fingerprint density at radius 3 is 2.57 bits per heavy atom. The predicted molar refractivity (Wildman–Crippen MR) is 54.0 cm³/mol. The highest BCUT2D eigenvalue weighted by molar-refractivity contribution is 5.69. The average Bonchev–Trinajstić information content (AvgIpc) is 2.39. The molecule has 2 aliphatic rings. The van der Waals surface area contributed by atoms with Gasteiger partial charge in [0, 0.05) is 12.1 Å². The third-order valence-corrected chi connectivity index (χ3v) is 3.15. The van der Waals surface area contributed by atoms with Crippen molar-refractivity contribution in [2.24, 2.45) is 0 Å². The van der Waals surface area contributed by atoms with E-state index in [1.807, 2.05) is 11.8 Å². The molecule has 3 nitrogen and oxygen atoms in total. The van der Waals surface area contributed by atoms with Gasteiger partial charge in [0.2, 0.25) is 0 Å². The molecule has 0 radical (unpaired) electrons. The molecule has 0 aromatic rings. The van der Waals surface area contributed by atoms with Crippen LogP contribution in [-0.4, -0.2) is 29.7 Å². The van der Waals surface area contributed by atoms with Crippen molar-refractivity contribution in [3.8, 4) is 0 Å². The van der Waals surface area contributed by atoms with Crippen molar-refractivity contribution in [1.82, 2.24) is 4.90 Å². The van der Waals surface area contributed by atoms with Crippen LogP contribution in [0, 0.1) is 0 Å². The van der Waals surface area contributed by atoms with Crippen LogP contribution in [0.3, 0.4) is 0 Å². The summed E-state index contributed by atoms with van der Waals surface area (Å²) in [6, 6.07) is 0.723. The highest BCUT2D eigenvalue weighted by atomic mass is 16.6. The molecule has 2 heterocycles. The van der Waals surface area contributed by atoms with Gasteiger partial charge in [-0.25, -0.2) is 4.79 Å². The van der Waals surface area contributed by atoms with Crippen LogP contribution in [0.2, 0.25) is 0 Å². The molecular weight excluding hydrogens is 178 g/mol. The molecule has 0 aromatic heterocycles. The monoisotopic (exact) mass is 195 g/mol. The minimum Gasteiger partial charge on any atom is -0.450 e. The number of piperidine rings is 1. The van der Waals surface area contributed by atoms with Crippen LogP contribution in [0.5, 0.6) is 0 Å². The standard InChI is InChI=1S/C11H17NO2/c1-3-14-11(13)12-9-4-5-10(12)7-8(2)6-9/h9-10H,2-7H2,1H3/t9-,10+. The summed E-state index contributed by atoms with van der Waals surface area (Å²) in [5.41, 5.74) is 1.29. The van der Waals surface area contributed by atoms with Gasteiger partial charge >= 0.3 is 6.09 Å². The van der Waals surface area contributed by atoms with E-state index >= 15 is 0 Å². The van der Waals surface area contributed by atoms with Gasteiger partial charge in [-0.1, -0.05) is 12.2 Å². The SMILES string of the molecule is C=C1C[C@H]2CC[C@@H](C1)N2C(=O)OCC. The van der Waals surface area contributed by atoms with Gasteiger partial charge in [-0.05, 0) is 32.6 Å². The first-order chi connectivity index (χ1) is 6.72. The first-order valence-corrected chi connectivity index (χ1v) is 5.34. The molecule has 0 unspecified atom stereocenters. The molecule has 0 spiro atoms. The minimum absolute atomic E-state index is 0.132. The molecule has 0 aliphatic carbocycles.